The molecule has 0 aliphatic heterocycles. The Morgan fingerprint density at radius 3 is 2.41 bits per heavy atom. The zero-order chi connectivity index (χ0) is 23.2. The quantitative estimate of drug-likeness (QED) is 0.262. The van der Waals surface area contributed by atoms with Crippen molar-refractivity contribution in [3.63, 3.8) is 0 Å². The number of nitrogens with zero attached hydrogens (tertiary/aromatic N) is 3. The van der Waals surface area contributed by atoms with Gasteiger partial charge in [-0.3, -0.25) is 4.79 Å². The second-order valence-electron chi connectivity index (χ2n) is 6.48. The molecule has 0 aliphatic rings. The Bertz CT molecular complexity index is 1360. The van der Waals surface area contributed by atoms with Crippen LogP contribution in [0, 0.1) is 0 Å². The van der Waals surface area contributed by atoms with Crippen LogP contribution in [0.1, 0.15) is 16.2 Å². The minimum Gasteiger partial charge on any atom is -0.319 e. The summed E-state index contributed by atoms with van der Waals surface area (Å²) in [5.41, 5.74) is -0.825. The molecule has 2 aromatic carbocycles. The molecule has 0 spiro atoms. The third-order valence-electron chi connectivity index (χ3n) is 4.38. The monoisotopic (exact) mass is 606 g/mol. The maximum atomic E-state index is 13.8. The summed E-state index contributed by atoms with van der Waals surface area (Å²) in [7, 11) is 0. The fraction of sp³-hybridized carbons (Fsp3) is 0.0500. The summed E-state index contributed by atoms with van der Waals surface area (Å²) < 4.78 is 42.8. The van der Waals surface area contributed by atoms with Crippen molar-refractivity contribution in [1.82, 2.24) is 14.6 Å². The van der Waals surface area contributed by atoms with Crippen LogP contribution < -0.4 is 5.32 Å². The summed E-state index contributed by atoms with van der Waals surface area (Å²) in [6, 6.07) is 12.1. The molecule has 0 atom stereocenters. The van der Waals surface area contributed by atoms with Crippen molar-refractivity contribution in [3.8, 4) is 11.3 Å². The predicted octanol–water partition coefficient (Wildman–Crippen LogP) is 7.50. The molecule has 0 fully saturated rings. The molecular formula is C20H9Br2Cl2F3N4O. The standard InChI is InChI=1S/C20H9Br2Cl2F3N4O/c21-10-6-4-9(5-7-10)13-8-14(20(25,26)27)31-18(28-13)15(22)17(30-31)19(32)29-12-3-1-2-11(23)16(12)24/h1-8H,(H,29,32). The third kappa shape index (κ3) is 4.36. The molecule has 0 aliphatic carbocycles. The minimum absolute atomic E-state index is 0.00221. The van der Waals surface area contributed by atoms with Crippen LogP contribution in [0.5, 0.6) is 0 Å². The second-order valence-corrected chi connectivity index (χ2v) is 8.98. The molecule has 5 nitrogen and oxygen atoms in total. The van der Waals surface area contributed by atoms with Crippen molar-refractivity contribution in [1.29, 1.82) is 0 Å². The van der Waals surface area contributed by atoms with E-state index in [2.05, 4.69) is 47.3 Å². The van der Waals surface area contributed by atoms with Gasteiger partial charge in [0.15, 0.2) is 17.0 Å². The zero-order valence-corrected chi connectivity index (χ0v) is 20.2. The first-order chi connectivity index (χ1) is 15.1. The summed E-state index contributed by atoms with van der Waals surface area (Å²) >= 11 is 18.5. The van der Waals surface area contributed by atoms with Crippen LogP contribution in [0.25, 0.3) is 16.9 Å². The van der Waals surface area contributed by atoms with Gasteiger partial charge in [0.1, 0.15) is 0 Å². The minimum atomic E-state index is -4.75. The number of carbonyl (C=O) groups is 1. The highest BCUT2D eigenvalue weighted by atomic mass is 79.9. The van der Waals surface area contributed by atoms with Crippen molar-refractivity contribution < 1.29 is 18.0 Å². The highest BCUT2D eigenvalue weighted by molar-refractivity contribution is 9.11. The molecule has 1 N–H and O–H groups in total. The van der Waals surface area contributed by atoms with Crippen LogP contribution in [0.15, 0.2) is 57.5 Å². The van der Waals surface area contributed by atoms with E-state index in [1.807, 2.05) is 0 Å². The number of benzene rings is 2. The molecule has 0 saturated heterocycles. The second kappa shape index (κ2) is 8.66. The maximum absolute atomic E-state index is 13.8. The lowest BCUT2D eigenvalue weighted by Crippen LogP contribution is -2.16. The van der Waals surface area contributed by atoms with E-state index < -0.39 is 17.8 Å². The molecule has 0 radical (unpaired) electrons. The topological polar surface area (TPSA) is 59.3 Å². The van der Waals surface area contributed by atoms with E-state index in [1.54, 1.807) is 30.3 Å². The predicted molar refractivity (Wildman–Crippen MR) is 123 cm³/mol. The van der Waals surface area contributed by atoms with Gasteiger partial charge in [0.25, 0.3) is 5.91 Å². The van der Waals surface area contributed by atoms with Crippen LogP contribution in [0.3, 0.4) is 0 Å². The summed E-state index contributed by atoms with van der Waals surface area (Å²) in [6.45, 7) is 0. The Morgan fingerprint density at radius 2 is 1.75 bits per heavy atom. The van der Waals surface area contributed by atoms with E-state index >= 15 is 0 Å². The largest absolute Gasteiger partial charge is 0.433 e. The summed E-state index contributed by atoms with van der Waals surface area (Å²) in [4.78, 5) is 17.1. The number of hydrogen-bond acceptors (Lipinski definition) is 3. The number of nitrogens with one attached hydrogen (secondary N) is 1. The molecule has 12 heteroatoms. The Hall–Kier alpha value is -2.14. The molecule has 32 heavy (non-hydrogen) atoms. The summed E-state index contributed by atoms with van der Waals surface area (Å²) in [5, 5.41) is 6.67. The number of carbonyl (C=O) groups excluding carboxylic acids is 1. The average Bonchev–Trinajstić information content (AvgIpc) is 3.07. The lowest BCUT2D eigenvalue weighted by atomic mass is 10.1. The Morgan fingerprint density at radius 1 is 1.06 bits per heavy atom. The van der Waals surface area contributed by atoms with Gasteiger partial charge in [-0.05, 0) is 46.3 Å². The molecule has 4 aromatic rings. The molecule has 0 bridgehead atoms. The summed E-state index contributed by atoms with van der Waals surface area (Å²) in [5.74, 6) is -0.787. The Labute approximate surface area is 205 Å². The van der Waals surface area contributed by atoms with Crippen molar-refractivity contribution >= 4 is 72.3 Å². The van der Waals surface area contributed by atoms with E-state index in [4.69, 9.17) is 23.2 Å². The van der Waals surface area contributed by atoms with E-state index in [0.717, 1.165) is 10.5 Å². The van der Waals surface area contributed by atoms with Gasteiger partial charge in [0, 0.05) is 10.0 Å². The zero-order valence-electron chi connectivity index (χ0n) is 15.5. The lowest BCUT2D eigenvalue weighted by Gasteiger charge is -2.11. The van der Waals surface area contributed by atoms with Crippen LogP contribution in [-0.4, -0.2) is 20.5 Å². The van der Waals surface area contributed by atoms with Gasteiger partial charge in [-0.15, -0.1) is 0 Å². The van der Waals surface area contributed by atoms with Gasteiger partial charge in [0.05, 0.1) is 25.9 Å². The van der Waals surface area contributed by atoms with Gasteiger partial charge >= 0.3 is 6.18 Å². The molecule has 164 valence electrons. The first-order valence-corrected chi connectivity index (χ1v) is 11.1. The third-order valence-corrected chi connectivity index (χ3v) is 6.46. The number of aromatic nitrogens is 3. The number of anilines is 1. The average molecular weight is 609 g/mol. The first kappa shape index (κ1) is 23.0. The van der Waals surface area contributed by atoms with Crippen molar-refractivity contribution in [2.75, 3.05) is 5.32 Å². The normalized spacial score (nSPS) is 11.7. The fourth-order valence-electron chi connectivity index (χ4n) is 2.89. The molecule has 1 amide bonds. The molecule has 2 aromatic heterocycles. The van der Waals surface area contributed by atoms with E-state index in [1.165, 1.54) is 12.1 Å². The molecular weight excluding hydrogens is 600 g/mol. The number of rotatable bonds is 3. The number of halogens is 7. The molecule has 4 rings (SSSR count). The van der Waals surface area contributed by atoms with Crippen molar-refractivity contribution in [2.45, 2.75) is 6.18 Å². The molecule has 0 unspecified atom stereocenters. The van der Waals surface area contributed by atoms with Crippen LogP contribution >= 0.6 is 55.1 Å². The van der Waals surface area contributed by atoms with E-state index in [9.17, 15) is 18.0 Å². The Balaban J connectivity index is 1.85. The van der Waals surface area contributed by atoms with Crippen LogP contribution in [-0.2, 0) is 6.18 Å². The van der Waals surface area contributed by atoms with Crippen LogP contribution in [0.2, 0.25) is 10.0 Å². The number of alkyl halides is 3. The van der Waals surface area contributed by atoms with Gasteiger partial charge in [0.2, 0.25) is 0 Å². The number of hydrogen-bond donors (Lipinski definition) is 1. The van der Waals surface area contributed by atoms with Gasteiger partial charge in [-0.2, -0.15) is 18.3 Å². The lowest BCUT2D eigenvalue weighted by molar-refractivity contribution is -0.142. The Kier molecular flexibility index (Phi) is 6.23. The number of fused-ring (bicyclic) bond motifs is 1. The molecule has 2 heterocycles. The first-order valence-electron chi connectivity index (χ1n) is 8.74. The van der Waals surface area contributed by atoms with Gasteiger partial charge in [-0.25, -0.2) is 9.50 Å². The number of amides is 1. The van der Waals surface area contributed by atoms with Crippen LogP contribution in [0.4, 0.5) is 18.9 Å². The SMILES string of the molecule is O=C(Nc1cccc(Cl)c1Cl)c1nn2c(C(F)(F)F)cc(-c3ccc(Br)cc3)nc2c1Br. The summed E-state index contributed by atoms with van der Waals surface area (Å²) in [6.07, 6.45) is -4.75. The smallest absolute Gasteiger partial charge is 0.319 e. The van der Waals surface area contributed by atoms with Gasteiger partial charge < -0.3 is 5.32 Å². The maximum Gasteiger partial charge on any atom is 0.433 e. The van der Waals surface area contributed by atoms with E-state index in [0.29, 0.717) is 10.1 Å². The van der Waals surface area contributed by atoms with Gasteiger partial charge in [-0.1, -0.05) is 57.3 Å². The molecule has 0 saturated carbocycles. The fourth-order valence-corrected chi connectivity index (χ4v) is 4.02. The van der Waals surface area contributed by atoms with Crippen molar-refractivity contribution in [2.24, 2.45) is 0 Å². The van der Waals surface area contributed by atoms with E-state index in [-0.39, 0.29) is 37.2 Å². The highest BCUT2D eigenvalue weighted by Crippen LogP contribution is 2.35. The van der Waals surface area contributed by atoms with Crippen molar-refractivity contribution in [3.05, 3.63) is 78.9 Å². The highest BCUT2D eigenvalue weighted by Gasteiger charge is 2.36.